The molecule has 1 rings (SSSR count). The average Bonchev–Trinajstić information content (AvgIpc) is 2.28. The van der Waals surface area contributed by atoms with Crippen LogP contribution in [0.1, 0.15) is 43.9 Å². The molecular formula is C14H23N. The maximum absolute atomic E-state index is 5.97. The summed E-state index contributed by atoms with van der Waals surface area (Å²) in [6, 6.07) is 7.13. The van der Waals surface area contributed by atoms with Gasteiger partial charge < -0.3 is 5.73 Å². The molecule has 1 heteroatoms. The van der Waals surface area contributed by atoms with Crippen molar-refractivity contribution in [2.75, 3.05) is 0 Å². The molecule has 0 aromatic heterocycles. The minimum absolute atomic E-state index is 0.308. The van der Waals surface area contributed by atoms with E-state index >= 15 is 0 Å². The molecule has 84 valence electrons. The lowest BCUT2D eigenvalue weighted by molar-refractivity contribution is 0.646. The Hall–Kier alpha value is -0.820. The lowest BCUT2D eigenvalue weighted by Gasteiger charge is -2.12. The Bertz CT molecular complexity index is 304. The molecule has 1 unspecified atom stereocenters. The SMILES string of the molecule is CCc1ccc(CC(N)CC)cc1CC. The fourth-order valence-electron chi connectivity index (χ4n) is 1.93. The molecule has 0 amide bonds. The number of hydrogen-bond acceptors (Lipinski definition) is 1. The van der Waals surface area contributed by atoms with Gasteiger partial charge in [-0.25, -0.2) is 0 Å². The van der Waals surface area contributed by atoms with E-state index in [0.29, 0.717) is 6.04 Å². The van der Waals surface area contributed by atoms with Gasteiger partial charge in [0.05, 0.1) is 0 Å². The first kappa shape index (κ1) is 12.3. The Labute approximate surface area is 93.7 Å². The van der Waals surface area contributed by atoms with Gasteiger partial charge in [0.25, 0.3) is 0 Å². The van der Waals surface area contributed by atoms with E-state index in [1.54, 1.807) is 0 Å². The zero-order valence-electron chi connectivity index (χ0n) is 10.2. The number of benzene rings is 1. The minimum atomic E-state index is 0.308. The van der Waals surface area contributed by atoms with Crippen LogP contribution in [0.2, 0.25) is 0 Å². The first-order chi connectivity index (χ1) is 7.21. The van der Waals surface area contributed by atoms with E-state index in [-0.39, 0.29) is 0 Å². The monoisotopic (exact) mass is 205 g/mol. The second kappa shape index (κ2) is 5.92. The van der Waals surface area contributed by atoms with Gasteiger partial charge in [0, 0.05) is 6.04 Å². The van der Waals surface area contributed by atoms with Gasteiger partial charge >= 0.3 is 0 Å². The van der Waals surface area contributed by atoms with Crippen molar-refractivity contribution in [3.8, 4) is 0 Å². The highest BCUT2D eigenvalue weighted by Gasteiger charge is 2.04. The Morgan fingerprint density at radius 2 is 1.73 bits per heavy atom. The van der Waals surface area contributed by atoms with E-state index < -0.39 is 0 Å². The zero-order chi connectivity index (χ0) is 11.3. The van der Waals surface area contributed by atoms with Crippen molar-refractivity contribution < 1.29 is 0 Å². The summed E-state index contributed by atoms with van der Waals surface area (Å²) in [5.41, 5.74) is 10.3. The van der Waals surface area contributed by atoms with Crippen LogP contribution in [0.15, 0.2) is 18.2 Å². The van der Waals surface area contributed by atoms with Crippen molar-refractivity contribution in [1.82, 2.24) is 0 Å². The molecule has 0 saturated carbocycles. The van der Waals surface area contributed by atoms with E-state index in [4.69, 9.17) is 5.73 Å². The lowest BCUT2D eigenvalue weighted by atomic mass is 9.96. The summed E-state index contributed by atoms with van der Waals surface area (Å²) in [6.07, 6.45) is 4.31. The molecule has 1 aromatic carbocycles. The second-order valence-corrected chi connectivity index (χ2v) is 4.18. The molecule has 2 N–H and O–H groups in total. The predicted octanol–water partition coefficient (Wildman–Crippen LogP) is 3.09. The standard InChI is InChI=1S/C14H23N/c1-4-12-8-7-11(9-13(12)5-2)10-14(15)6-3/h7-9,14H,4-6,10,15H2,1-3H3. The van der Waals surface area contributed by atoms with Crippen LogP contribution in [0.25, 0.3) is 0 Å². The van der Waals surface area contributed by atoms with Gasteiger partial charge in [-0.05, 0) is 42.4 Å². The largest absolute Gasteiger partial charge is 0.327 e. The lowest BCUT2D eigenvalue weighted by Crippen LogP contribution is -2.21. The molecule has 1 aromatic rings. The molecule has 1 nitrogen and oxygen atoms in total. The maximum Gasteiger partial charge on any atom is 0.00766 e. The number of nitrogens with two attached hydrogens (primary N) is 1. The van der Waals surface area contributed by atoms with Crippen molar-refractivity contribution in [2.24, 2.45) is 5.73 Å². The van der Waals surface area contributed by atoms with Gasteiger partial charge in [-0.1, -0.05) is 39.0 Å². The van der Waals surface area contributed by atoms with Crippen molar-refractivity contribution in [1.29, 1.82) is 0 Å². The van der Waals surface area contributed by atoms with Crippen LogP contribution in [-0.2, 0) is 19.3 Å². The van der Waals surface area contributed by atoms with Crippen LogP contribution in [0.3, 0.4) is 0 Å². The highest BCUT2D eigenvalue weighted by atomic mass is 14.6. The Balaban J connectivity index is 2.83. The smallest absolute Gasteiger partial charge is 0.00766 e. The molecule has 0 aliphatic rings. The van der Waals surface area contributed by atoms with E-state index in [1.165, 1.54) is 16.7 Å². The number of hydrogen-bond donors (Lipinski definition) is 1. The molecule has 0 bridgehead atoms. The topological polar surface area (TPSA) is 26.0 Å². The van der Waals surface area contributed by atoms with Crippen LogP contribution in [0, 0.1) is 0 Å². The van der Waals surface area contributed by atoms with Crippen LogP contribution in [-0.4, -0.2) is 6.04 Å². The normalized spacial score (nSPS) is 12.8. The van der Waals surface area contributed by atoms with Gasteiger partial charge in [0.15, 0.2) is 0 Å². The van der Waals surface area contributed by atoms with Gasteiger partial charge in [-0.3, -0.25) is 0 Å². The fraction of sp³-hybridized carbons (Fsp3) is 0.571. The third-order valence-electron chi connectivity index (χ3n) is 3.05. The highest BCUT2D eigenvalue weighted by Crippen LogP contribution is 2.15. The molecule has 0 fully saturated rings. The summed E-state index contributed by atoms with van der Waals surface area (Å²) in [5.74, 6) is 0. The quantitative estimate of drug-likeness (QED) is 0.785. The molecule has 0 aliphatic carbocycles. The third-order valence-corrected chi connectivity index (χ3v) is 3.05. The first-order valence-corrected chi connectivity index (χ1v) is 6.07. The third kappa shape index (κ3) is 3.35. The Morgan fingerprint density at radius 1 is 1.07 bits per heavy atom. The molecule has 0 spiro atoms. The fourth-order valence-corrected chi connectivity index (χ4v) is 1.93. The molecular weight excluding hydrogens is 182 g/mol. The summed E-state index contributed by atoms with van der Waals surface area (Å²) in [6.45, 7) is 6.58. The Kier molecular flexibility index (Phi) is 4.83. The van der Waals surface area contributed by atoms with Gasteiger partial charge in [-0.2, -0.15) is 0 Å². The van der Waals surface area contributed by atoms with E-state index in [9.17, 15) is 0 Å². The van der Waals surface area contributed by atoms with Crippen molar-refractivity contribution in [3.63, 3.8) is 0 Å². The highest BCUT2D eigenvalue weighted by molar-refractivity contribution is 5.32. The van der Waals surface area contributed by atoms with Crippen LogP contribution in [0.4, 0.5) is 0 Å². The van der Waals surface area contributed by atoms with Crippen LogP contribution < -0.4 is 5.73 Å². The summed E-state index contributed by atoms with van der Waals surface area (Å²) in [4.78, 5) is 0. The number of rotatable bonds is 5. The van der Waals surface area contributed by atoms with E-state index in [2.05, 4.69) is 39.0 Å². The van der Waals surface area contributed by atoms with Gasteiger partial charge in [0.1, 0.15) is 0 Å². The van der Waals surface area contributed by atoms with Crippen LogP contribution in [0.5, 0.6) is 0 Å². The van der Waals surface area contributed by atoms with Crippen molar-refractivity contribution >= 4 is 0 Å². The van der Waals surface area contributed by atoms with Crippen molar-refractivity contribution in [3.05, 3.63) is 34.9 Å². The second-order valence-electron chi connectivity index (χ2n) is 4.18. The predicted molar refractivity (Wildman–Crippen MR) is 67.2 cm³/mol. The van der Waals surface area contributed by atoms with E-state index in [1.807, 2.05) is 0 Å². The first-order valence-electron chi connectivity index (χ1n) is 6.07. The molecule has 1 atom stereocenters. The molecule has 0 radical (unpaired) electrons. The summed E-state index contributed by atoms with van der Waals surface area (Å²) < 4.78 is 0. The summed E-state index contributed by atoms with van der Waals surface area (Å²) >= 11 is 0. The maximum atomic E-state index is 5.97. The Morgan fingerprint density at radius 3 is 2.27 bits per heavy atom. The van der Waals surface area contributed by atoms with E-state index in [0.717, 1.165) is 25.7 Å². The molecule has 0 saturated heterocycles. The van der Waals surface area contributed by atoms with Gasteiger partial charge in [-0.15, -0.1) is 0 Å². The summed E-state index contributed by atoms with van der Waals surface area (Å²) in [7, 11) is 0. The van der Waals surface area contributed by atoms with Crippen molar-refractivity contribution in [2.45, 2.75) is 52.5 Å². The molecule has 15 heavy (non-hydrogen) atoms. The average molecular weight is 205 g/mol. The summed E-state index contributed by atoms with van der Waals surface area (Å²) in [5, 5.41) is 0. The minimum Gasteiger partial charge on any atom is -0.327 e. The zero-order valence-corrected chi connectivity index (χ0v) is 10.2. The molecule has 0 aliphatic heterocycles. The van der Waals surface area contributed by atoms with Crippen LogP contribution >= 0.6 is 0 Å². The molecule has 0 heterocycles. The number of aryl methyl sites for hydroxylation is 2. The van der Waals surface area contributed by atoms with Gasteiger partial charge in [0.2, 0.25) is 0 Å².